The summed E-state index contributed by atoms with van der Waals surface area (Å²) < 4.78 is 2.11. The lowest BCUT2D eigenvalue weighted by Gasteiger charge is -1.84. The Morgan fingerprint density at radius 1 is 1.55 bits per heavy atom. The Morgan fingerprint density at radius 2 is 2.36 bits per heavy atom. The zero-order chi connectivity index (χ0) is 7.84. The maximum absolute atomic E-state index is 4.02. The molecule has 2 aromatic rings. The molecule has 0 saturated heterocycles. The highest BCUT2D eigenvalue weighted by molar-refractivity contribution is 5.69. The van der Waals surface area contributed by atoms with E-state index in [-0.39, 0.29) is 0 Å². The van der Waals surface area contributed by atoms with E-state index >= 15 is 0 Å². The molecular weight excluding hydrogens is 138 g/mol. The molecule has 0 unspecified atom stereocenters. The molecule has 0 aliphatic rings. The maximum Gasteiger partial charge on any atom is 0.251 e. The van der Waals surface area contributed by atoms with E-state index in [1.165, 1.54) is 5.52 Å². The highest BCUT2D eigenvalue weighted by Crippen LogP contribution is 2.04. The summed E-state index contributed by atoms with van der Waals surface area (Å²) in [5.74, 6) is 1.15. The number of imidazole rings is 1. The van der Waals surface area contributed by atoms with Crippen molar-refractivity contribution >= 4 is 11.0 Å². The number of nitrogens with one attached hydrogen (secondary N) is 1. The molecule has 0 spiro atoms. The van der Waals surface area contributed by atoms with Crippen molar-refractivity contribution in [1.29, 1.82) is 0 Å². The van der Waals surface area contributed by atoms with Crippen molar-refractivity contribution in [3.8, 4) is 0 Å². The molecule has 3 heteroatoms. The van der Waals surface area contributed by atoms with Crippen LogP contribution in [0.3, 0.4) is 0 Å². The van der Waals surface area contributed by atoms with Crippen LogP contribution < -0.4 is 4.57 Å². The van der Waals surface area contributed by atoms with Crippen molar-refractivity contribution in [2.24, 2.45) is 7.05 Å². The number of hydrogen-bond acceptors (Lipinski definition) is 1. The van der Waals surface area contributed by atoms with E-state index in [9.17, 15) is 0 Å². The average molecular weight is 148 g/mol. The van der Waals surface area contributed by atoms with Crippen LogP contribution >= 0.6 is 0 Å². The van der Waals surface area contributed by atoms with Gasteiger partial charge in [0.05, 0.1) is 13.2 Å². The second kappa shape index (κ2) is 2.05. The van der Waals surface area contributed by atoms with E-state index in [1.54, 1.807) is 6.20 Å². The van der Waals surface area contributed by atoms with E-state index in [4.69, 9.17) is 0 Å². The summed E-state index contributed by atoms with van der Waals surface area (Å²) in [6, 6.07) is 2.00. The SMILES string of the molecule is Cc1[nH]c2cnccc2[n+]1C. The van der Waals surface area contributed by atoms with E-state index in [2.05, 4.69) is 14.5 Å². The van der Waals surface area contributed by atoms with E-state index in [0.717, 1.165) is 11.3 Å². The van der Waals surface area contributed by atoms with Crippen molar-refractivity contribution in [3.05, 3.63) is 24.3 Å². The van der Waals surface area contributed by atoms with Crippen LogP contribution in [0.2, 0.25) is 0 Å². The van der Waals surface area contributed by atoms with Gasteiger partial charge in [-0.05, 0) is 0 Å². The summed E-state index contributed by atoms with van der Waals surface area (Å²) in [7, 11) is 2.04. The fraction of sp³-hybridized carbons (Fsp3) is 0.250. The van der Waals surface area contributed by atoms with E-state index in [0.29, 0.717) is 0 Å². The molecular formula is C8H10N3+. The third-order valence-electron chi connectivity index (χ3n) is 1.98. The molecule has 11 heavy (non-hydrogen) atoms. The van der Waals surface area contributed by atoms with Gasteiger partial charge in [-0.2, -0.15) is 0 Å². The molecule has 0 bridgehead atoms. The number of hydrogen-bond donors (Lipinski definition) is 1. The van der Waals surface area contributed by atoms with Gasteiger partial charge < -0.3 is 0 Å². The first-order valence-electron chi connectivity index (χ1n) is 3.57. The third-order valence-corrected chi connectivity index (χ3v) is 1.98. The summed E-state index contributed by atoms with van der Waals surface area (Å²) in [5.41, 5.74) is 2.28. The van der Waals surface area contributed by atoms with Crippen molar-refractivity contribution in [2.45, 2.75) is 6.92 Å². The summed E-state index contributed by atoms with van der Waals surface area (Å²) in [5, 5.41) is 0. The first-order valence-corrected chi connectivity index (χ1v) is 3.57. The van der Waals surface area contributed by atoms with Gasteiger partial charge in [0.1, 0.15) is 0 Å². The average Bonchev–Trinajstić information content (AvgIpc) is 2.30. The zero-order valence-electron chi connectivity index (χ0n) is 6.63. The minimum Gasteiger partial charge on any atom is -0.260 e. The predicted molar refractivity (Wildman–Crippen MR) is 42.0 cm³/mol. The fourth-order valence-electron chi connectivity index (χ4n) is 1.24. The van der Waals surface area contributed by atoms with Crippen molar-refractivity contribution in [3.63, 3.8) is 0 Å². The Labute approximate surface area is 64.7 Å². The summed E-state index contributed by atoms with van der Waals surface area (Å²) in [6.45, 7) is 2.04. The third kappa shape index (κ3) is 0.808. The monoisotopic (exact) mass is 148 g/mol. The lowest BCUT2D eigenvalue weighted by molar-refractivity contribution is -0.651. The fourth-order valence-corrected chi connectivity index (χ4v) is 1.24. The van der Waals surface area contributed by atoms with Gasteiger partial charge in [-0.1, -0.05) is 0 Å². The van der Waals surface area contributed by atoms with Crippen molar-refractivity contribution in [2.75, 3.05) is 0 Å². The van der Waals surface area contributed by atoms with Gasteiger partial charge in [0, 0.05) is 19.2 Å². The molecule has 0 radical (unpaired) electrons. The lowest BCUT2D eigenvalue weighted by Crippen LogP contribution is -2.29. The Hall–Kier alpha value is -1.38. The second-order valence-electron chi connectivity index (χ2n) is 2.66. The number of aromatic nitrogens is 3. The summed E-state index contributed by atoms with van der Waals surface area (Å²) >= 11 is 0. The van der Waals surface area contributed by atoms with Gasteiger partial charge in [0.2, 0.25) is 0 Å². The molecule has 0 aliphatic heterocycles. The molecule has 0 saturated carbocycles. The van der Waals surface area contributed by atoms with Crippen LogP contribution in [-0.2, 0) is 7.05 Å². The smallest absolute Gasteiger partial charge is 0.251 e. The highest BCUT2D eigenvalue weighted by Gasteiger charge is 2.08. The number of rotatable bonds is 0. The van der Waals surface area contributed by atoms with Crippen LogP contribution in [0.15, 0.2) is 18.5 Å². The molecule has 1 N–H and O–H groups in total. The molecule has 2 rings (SSSR count). The lowest BCUT2D eigenvalue weighted by atomic mass is 10.4. The van der Waals surface area contributed by atoms with Gasteiger partial charge >= 0.3 is 0 Å². The molecule has 2 aromatic heterocycles. The second-order valence-corrected chi connectivity index (χ2v) is 2.66. The van der Waals surface area contributed by atoms with Gasteiger partial charge in [-0.15, -0.1) is 0 Å². The largest absolute Gasteiger partial charge is 0.260 e. The molecule has 0 fully saturated rings. The van der Waals surface area contributed by atoms with Gasteiger partial charge in [0.15, 0.2) is 11.0 Å². The molecule has 56 valence electrons. The normalized spacial score (nSPS) is 10.7. The van der Waals surface area contributed by atoms with E-state index in [1.807, 2.05) is 26.2 Å². The molecule has 0 aromatic carbocycles. The molecule has 0 aliphatic carbocycles. The van der Waals surface area contributed by atoms with Gasteiger partial charge in [-0.25, -0.2) is 9.55 Å². The van der Waals surface area contributed by atoms with Crippen LogP contribution in [0.5, 0.6) is 0 Å². The Kier molecular flexibility index (Phi) is 1.18. The number of H-pyrrole nitrogens is 1. The Bertz CT molecular complexity index is 389. The first-order chi connectivity index (χ1) is 5.29. The predicted octanol–water partition coefficient (Wildman–Crippen LogP) is 0.696. The highest BCUT2D eigenvalue weighted by atomic mass is 15.1. The number of aromatic amines is 1. The number of nitrogens with zero attached hydrogens (tertiary/aromatic N) is 2. The molecule has 0 amide bonds. The maximum atomic E-state index is 4.02. The summed E-state index contributed by atoms with van der Waals surface area (Å²) in [6.07, 6.45) is 3.64. The zero-order valence-corrected chi connectivity index (χ0v) is 6.63. The minimum absolute atomic E-state index is 1.09. The standard InChI is InChI=1S/C8H9N3/c1-6-10-7-5-9-4-3-8(7)11(6)2/h3-5H,1-2H3/p+1. The molecule has 3 nitrogen and oxygen atoms in total. The van der Waals surface area contributed by atoms with Crippen molar-refractivity contribution in [1.82, 2.24) is 9.97 Å². The van der Waals surface area contributed by atoms with Crippen LogP contribution in [0.4, 0.5) is 0 Å². The quantitative estimate of drug-likeness (QED) is 0.548. The summed E-state index contributed by atoms with van der Waals surface area (Å²) in [4.78, 5) is 7.25. The van der Waals surface area contributed by atoms with Crippen LogP contribution in [-0.4, -0.2) is 9.97 Å². The Morgan fingerprint density at radius 3 is 3.09 bits per heavy atom. The molecule has 2 heterocycles. The number of pyridine rings is 1. The number of fused-ring (bicyclic) bond motifs is 1. The van der Waals surface area contributed by atoms with Crippen molar-refractivity contribution < 1.29 is 4.57 Å². The Balaban J connectivity index is 2.92. The van der Waals surface area contributed by atoms with Crippen LogP contribution in [0.1, 0.15) is 5.82 Å². The first kappa shape index (κ1) is 6.34. The number of aryl methyl sites for hydroxylation is 2. The van der Waals surface area contributed by atoms with Crippen LogP contribution in [0, 0.1) is 6.92 Å². The van der Waals surface area contributed by atoms with Gasteiger partial charge in [0.25, 0.3) is 5.82 Å². The van der Waals surface area contributed by atoms with Gasteiger partial charge in [-0.3, -0.25) is 4.98 Å². The van der Waals surface area contributed by atoms with Crippen LogP contribution in [0.25, 0.3) is 11.0 Å². The minimum atomic E-state index is 1.09. The molecule has 0 atom stereocenters. The topological polar surface area (TPSA) is 32.6 Å². The van der Waals surface area contributed by atoms with E-state index < -0.39 is 0 Å².